The molecule has 8 heteroatoms. The minimum atomic E-state index is -4.84. The molecule has 2 aromatic rings. The molecule has 0 aliphatic heterocycles. The predicted molar refractivity (Wildman–Crippen MR) is 59.4 cm³/mol. The molecule has 104 valence electrons. The molecule has 0 saturated carbocycles. The summed E-state index contributed by atoms with van der Waals surface area (Å²) in [5.41, 5.74) is -1.90. The lowest BCUT2D eigenvalue weighted by Crippen LogP contribution is -2.08. The van der Waals surface area contributed by atoms with Gasteiger partial charge < -0.3 is 5.11 Å². The van der Waals surface area contributed by atoms with Crippen LogP contribution in [0, 0.1) is 5.82 Å². The van der Waals surface area contributed by atoms with Crippen LogP contribution in [-0.4, -0.2) is 21.0 Å². The van der Waals surface area contributed by atoms with Gasteiger partial charge in [0.1, 0.15) is 12.1 Å². The Hall–Kier alpha value is -2.51. The van der Waals surface area contributed by atoms with Crippen LogP contribution in [0.2, 0.25) is 0 Å². The number of aromatic carboxylic acids is 1. The SMILES string of the molecule is O=C(O)c1cc(-c2ccc(F)c(C(F)(F)F)c2)ncn1. The molecule has 1 N–H and O–H groups in total. The summed E-state index contributed by atoms with van der Waals surface area (Å²) in [5, 5.41) is 8.75. The van der Waals surface area contributed by atoms with Crippen molar-refractivity contribution in [3.05, 3.63) is 47.7 Å². The molecule has 0 spiro atoms. The Labute approximate surface area is 109 Å². The fourth-order valence-electron chi connectivity index (χ4n) is 1.53. The quantitative estimate of drug-likeness (QED) is 0.862. The van der Waals surface area contributed by atoms with Crippen LogP contribution in [0.25, 0.3) is 11.3 Å². The molecular formula is C12H6F4N2O2. The Kier molecular flexibility index (Phi) is 3.39. The molecular weight excluding hydrogens is 280 g/mol. The van der Waals surface area contributed by atoms with E-state index < -0.39 is 23.5 Å². The number of benzene rings is 1. The molecule has 0 aliphatic carbocycles. The van der Waals surface area contributed by atoms with Gasteiger partial charge in [-0.1, -0.05) is 0 Å². The van der Waals surface area contributed by atoms with Gasteiger partial charge in [-0.2, -0.15) is 13.2 Å². The molecule has 2 rings (SSSR count). The van der Waals surface area contributed by atoms with Crippen LogP contribution in [0.4, 0.5) is 17.6 Å². The summed E-state index contributed by atoms with van der Waals surface area (Å²) < 4.78 is 50.9. The van der Waals surface area contributed by atoms with Crippen molar-refractivity contribution in [2.45, 2.75) is 6.18 Å². The molecule has 1 heterocycles. The van der Waals surface area contributed by atoms with Crippen LogP contribution in [0.15, 0.2) is 30.6 Å². The number of aromatic nitrogens is 2. The molecule has 0 amide bonds. The molecule has 0 bridgehead atoms. The van der Waals surface area contributed by atoms with Crippen molar-refractivity contribution in [3.63, 3.8) is 0 Å². The van der Waals surface area contributed by atoms with Gasteiger partial charge in [0.05, 0.1) is 11.3 Å². The second kappa shape index (κ2) is 4.87. The average Bonchev–Trinajstić information content (AvgIpc) is 2.38. The van der Waals surface area contributed by atoms with Crippen molar-refractivity contribution in [1.82, 2.24) is 9.97 Å². The van der Waals surface area contributed by atoms with Crippen molar-refractivity contribution in [2.24, 2.45) is 0 Å². The molecule has 0 fully saturated rings. The van der Waals surface area contributed by atoms with E-state index in [1.165, 1.54) is 0 Å². The number of carbonyl (C=O) groups is 1. The first kappa shape index (κ1) is 13.9. The van der Waals surface area contributed by atoms with Gasteiger partial charge in [0.2, 0.25) is 0 Å². The van der Waals surface area contributed by atoms with Crippen LogP contribution >= 0.6 is 0 Å². The van der Waals surface area contributed by atoms with Crippen LogP contribution in [0.3, 0.4) is 0 Å². The summed E-state index contributed by atoms with van der Waals surface area (Å²) in [6, 6.07) is 3.32. The molecule has 4 nitrogen and oxygen atoms in total. The number of hydrogen-bond acceptors (Lipinski definition) is 3. The Balaban J connectivity index is 2.54. The molecule has 0 unspecified atom stereocenters. The van der Waals surface area contributed by atoms with E-state index in [0.29, 0.717) is 12.1 Å². The largest absolute Gasteiger partial charge is 0.477 e. The summed E-state index contributed by atoms with van der Waals surface area (Å²) in [6.07, 6.45) is -3.93. The Morgan fingerprint density at radius 2 is 1.85 bits per heavy atom. The van der Waals surface area contributed by atoms with E-state index >= 15 is 0 Å². The van der Waals surface area contributed by atoms with Gasteiger partial charge in [0, 0.05) is 5.56 Å². The third kappa shape index (κ3) is 2.73. The first-order chi connectivity index (χ1) is 9.29. The molecule has 0 aliphatic rings. The van der Waals surface area contributed by atoms with E-state index in [4.69, 9.17) is 5.11 Å². The lowest BCUT2D eigenvalue weighted by molar-refractivity contribution is -0.139. The minimum Gasteiger partial charge on any atom is -0.477 e. The smallest absolute Gasteiger partial charge is 0.419 e. The monoisotopic (exact) mass is 286 g/mol. The maximum Gasteiger partial charge on any atom is 0.419 e. The second-order valence-electron chi connectivity index (χ2n) is 3.79. The first-order valence-corrected chi connectivity index (χ1v) is 5.21. The highest BCUT2D eigenvalue weighted by molar-refractivity contribution is 5.86. The van der Waals surface area contributed by atoms with Gasteiger partial charge in [-0.3, -0.25) is 0 Å². The van der Waals surface area contributed by atoms with Gasteiger partial charge >= 0.3 is 12.1 Å². The number of alkyl halides is 3. The van der Waals surface area contributed by atoms with Crippen LogP contribution in [-0.2, 0) is 6.18 Å². The zero-order valence-corrected chi connectivity index (χ0v) is 9.65. The van der Waals surface area contributed by atoms with E-state index in [1.54, 1.807) is 0 Å². The lowest BCUT2D eigenvalue weighted by Gasteiger charge is -2.09. The van der Waals surface area contributed by atoms with Crippen molar-refractivity contribution in [3.8, 4) is 11.3 Å². The third-order valence-electron chi connectivity index (χ3n) is 2.45. The number of rotatable bonds is 2. The Morgan fingerprint density at radius 3 is 2.45 bits per heavy atom. The number of carboxylic acids is 1. The molecule has 1 aromatic heterocycles. The lowest BCUT2D eigenvalue weighted by atomic mass is 10.1. The normalized spacial score (nSPS) is 11.4. The van der Waals surface area contributed by atoms with E-state index in [-0.39, 0.29) is 17.0 Å². The minimum absolute atomic E-state index is 0.0390. The molecule has 1 aromatic carbocycles. The highest BCUT2D eigenvalue weighted by Crippen LogP contribution is 2.33. The van der Waals surface area contributed by atoms with Gasteiger partial charge in [-0.15, -0.1) is 0 Å². The van der Waals surface area contributed by atoms with Gasteiger partial charge in [-0.25, -0.2) is 19.2 Å². The van der Waals surface area contributed by atoms with Crippen LogP contribution < -0.4 is 0 Å². The second-order valence-corrected chi connectivity index (χ2v) is 3.79. The summed E-state index contributed by atoms with van der Waals surface area (Å²) in [4.78, 5) is 17.9. The number of carboxylic acid groups (broad SMARTS) is 1. The van der Waals surface area contributed by atoms with Crippen molar-refractivity contribution < 1.29 is 27.5 Å². The summed E-state index contributed by atoms with van der Waals surface area (Å²) in [7, 11) is 0. The van der Waals surface area contributed by atoms with Crippen LogP contribution in [0.5, 0.6) is 0 Å². The van der Waals surface area contributed by atoms with Crippen molar-refractivity contribution in [1.29, 1.82) is 0 Å². The molecule has 0 radical (unpaired) electrons. The fourth-order valence-corrected chi connectivity index (χ4v) is 1.53. The molecule has 20 heavy (non-hydrogen) atoms. The van der Waals surface area contributed by atoms with Gasteiger partial charge in [0.15, 0.2) is 5.69 Å². The molecule has 0 atom stereocenters. The number of hydrogen-bond donors (Lipinski definition) is 1. The topological polar surface area (TPSA) is 63.1 Å². The van der Waals surface area contributed by atoms with E-state index in [9.17, 15) is 22.4 Å². The summed E-state index contributed by atoms with van der Waals surface area (Å²) in [5.74, 6) is -2.75. The van der Waals surface area contributed by atoms with Crippen molar-refractivity contribution >= 4 is 5.97 Å². The van der Waals surface area contributed by atoms with Crippen molar-refractivity contribution in [2.75, 3.05) is 0 Å². The van der Waals surface area contributed by atoms with Crippen LogP contribution in [0.1, 0.15) is 16.1 Å². The fraction of sp³-hybridized carbons (Fsp3) is 0.0833. The van der Waals surface area contributed by atoms with E-state index in [1.807, 2.05) is 0 Å². The third-order valence-corrected chi connectivity index (χ3v) is 2.45. The predicted octanol–water partition coefficient (Wildman–Crippen LogP) is 3.00. The van der Waals surface area contributed by atoms with E-state index in [0.717, 1.165) is 18.5 Å². The number of halogens is 4. The standard InChI is InChI=1S/C12H6F4N2O2/c13-8-2-1-6(3-7(8)12(14,15)16)9-4-10(11(19)20)18-5-17-9/h1-5H,(H,19,20). The Bertz CT molecular complexity index is 671. The Morgan fingerprint density at radius 1 is 1.15 bits per heavy atom. The average molecular weight is 286 g/mol. The highest BCUT2D eigenvalue weighted by Gasteiger charge is 2.34. The zero-order valence-electron chi connectivity index (χ0n) is 9.65. The van der Waals surface area contributed by atoms with Gasteiger partial charge in [0.25, 0.3) is 0 Å². The maximum absolute atomic E-state index is 13.1. The maximum atomic E-state index is 13.1. The highest BCUT2D eigenvalue weighted by atomic mass is 19.4. The molecule has 0 saturated heterocycles. The van der Waals surface area contributed by atoms with Gasteiger partial charge in [-0.05, 0) is 24.3 Å². The summed E-state index contributed by atoms with van der Waals surface area (Å²) >= 11 is 0. The zero-order chi connectivity index (χ0) is 14.9. The summed E-state index contributed by atoms with van der Waals surface area (Å²) in [6.45, 7) is 0. The first-order valence-electron chi connectivity index (χ1n) is 5.21. The number of nitrogens with zero attached hydrogens (tertiary/aromatic N) is 2. The van der Waals surface area contributed by atoms with E-state index in [2.05, 4.69) is 9.97 Å².